The predicted octanol–water partition coefficient (Wildman–Crippen LogP) is 2.13. The second kappa shape index (κ2) is 7.98. The minimum atomic E-state index is -0.176. The molecule has 2 atom stereocenters. The third-order valence-electron chi connectivity index (χ3n) is 6.03. The van der Waals surface area contributed by atoms with Gasteiger partial charge >= 0.3 is 0 Å². The molecule has 1 aromatic rings. The third kappa shape index (κ3) is 3.87. The Morgan fingerprint density at radius 2 is 1.93 bits per heavy atom. The lowest BCUT2D eigenvalue weighted by Crippen LogP contribution is -2.46. The monoisotopic (exact) mass is 372 g/mol. The summed E-state index contributed by atoms with van der Waals surface area (Å²) < 4.78 is 11.3. The average Bonchev–Trinajstić information content (AvgIpc) is 3.23. The molecular formula is C21H28N2O4. The maximum atomic E-state index is 13.1. The molecule has 0 bridgehead atoms. The minimum absolute atomic E-state index is 0.0339. The summed E-state index contributed by atoms with van der Waals surface area (Å²) in [6, 6.07) is 8.01. The lowest BCUT2D eigenvalue weighted by atomic mass is 9.89. The molecule has 3 aliphatic rings. The Kier molecular flexibility index (Phi) is 5.45. The number of piperidine rings is 1. The largest absolute Gasteiger partial charge is 0.350 e. The Hall–Kier alpha value is -1.92. The predicted molar refractivity (Wildman–Crippen MR) is 99.9 cm³/mol. The van der Waals surface area contributed by atoms with Gasteiger partial charge in [0.25, 0.3) is 0 Å². The fraction of sp³-hybridized carbons (Fsp3) is 0.619. The summed E-state index contributed by atoms with van der Waals surface area (Å²) in [7, 11) is 0. The van der Waals surface area contributed by atoms with Gasteiger partial charge in [0.2, 0.25) is 11.8 Å². The highest BCUT2D eigenvalue weighted by Crippen LogP contribution is 2.33. The van der Waals surface area contributed by atoms with Gasteiger partial charge in [0.05, 0.1) is 25.7 Å². The van der Waals surface area contributed by atoms with Gasteiger partial charge in [0.1, 0.15) is 0 Å². The van der Waals surface area contributed by atoms with Crippen LogP contribution in [0.1, 0.15) is 43.4 Å². The van der Waals surface area contributed by atoms with E-state index in [1.807, 2.05) is 21.9 Å². The summed E-state index contributed by atoms with van der Waals surface area (Å²) in [5, 5.41) is 0. The van der Waals surface area contributed by atoms with Gasteiger partial charge in [-0.3, -0.25) is 9.59 Å². The number of rotatable bonds is 3. The molecule has 146 valence electrons. The van der Waals surface area contributed by atoms with E-state index in [0.717, 1.165) is 31.4 Å². The SMILES string of the molecule is CC(=O)N1CCc2ccccc2C1CC(=O)N1CCCC(C2OCCO2)C1. The van der Waals surface area contributed by atoms with Crippen LogP contribution in [-0.2, 0) is 25.5 Å². The first-order valence-electron chi connectivity index (χ1n) is 9.99. The van der Waals surface area contributed by atoms with Gasteiger partial charge in [-0.1, -0.05) is 24.3 Å². The van der Waals surface area contributed by atoms with Crippen molar-refractivity contribution in [3.05, 3.63) is 35.4 Å². The van der Waals surface area contributed by atoms with Crippen LogP contribution in [0.4, 0.5) is 0 Å². The summed E-state index contributed by atoms with van der Waals surface area (Å²) in [4.78, 5) is 29.1. The van der Waals surface area contributed by atoms with Crippen molar-refractivity contribution in [1.82, 2.24) is 9.80 Å². The van der Waals surface area contributed by atoms with Crippen LogP contribution < -0.4 is 0 Å². The van der Waals surface area contributed by atoms with Crippen molar-refractivity contribution in [2.24, 2.45) is 5.92 Å². The molecule has 0 aliphatic carbocycles. The summed E-state index contributed by atoms with van der Waals surface area (Å²) in [5.41, 5.74) is 2.36. The van der Waals surface area contributed by atoms with Gasteiger partial charge in [-0.25, -0.2) is 0 Å². The first-order chi connectivity index (χ1) is 13.1. The van der Waals surface area contributed by atoms with E-state index in [9.17, 15) is 9.59 Å². The van der Waals surface area contributed by atoms with Crippen molar-refractivity contribution < 1.29 is 19.1 Å². The molecule has 0 aromatic heterocycles. The third-order valence-corrected chi connectivity index (χ3v) is 6.03. The molecule has 0 N–H and O–H groups in total. The molecular weight excluding hydrogens is 344 g/mol. The Labute approximate surface area is 160 Å². The highest BCUT2D eigenvalue weighted by Gasteiger charge is 2.35. The number of fused-ring (bicyclic) bond motifs is 1. The summed E-state index contributed by atoms with van der Waals surface area (Å²) >= 11 is 0. The quantitative estimate of drug-likeness (QED) is 0.816. The number of likely N-dealkylation sites (tertiary alicyclic amines) is 1. The van der Waals surface area contributed by atoms with Crippen LogP contribution in [0.5, 0.6) is 0 Å². The van der Waals surface area contributed by atoms with Crippen LogP contribution in [0.25, 0.3) is 0 Å². The average molecular weight is 372 g/mol. The van der Waals surface area contributed by atoms with E-state index in [1.165, 1.54) is 5.56 Å². The van der Waals surface area contributed by atoms with Crippen molar-refractivity contribution in [3.63, 3.8) is 0 Å². The molecule has 6 heteroatoms. The lowest BCUT2D eigenvalue weighted by molar-refractivity contribution is -0.142. The molecule has 2 unspecified atom stereocenters. The van der Waals surface area contributed by atoms with Gasteiger partial charge < -0.3 is 19.3 Å². The zero-order chi connectivity index (χ0) is 18.8. The van der Waals surface area contributed by atoms with E-state index < -0.39 is 0 Å². The van der Waals surface area contributed by atoms with E-state index in [-0.39, 0.29) is 30.1 Å². The normalized spacial score (nSPS) is 26.1. The molecule has 27 heavy (non-hydrogen) atoms. The number of carbonyl (C=O) groups excluding carboxylic acids is 2. The van der Waals surface area contributed by atoms with E-state index in [0.29, 0.717) is 32.7 Å². The van der Waals surface area contributed by atoms with E-state index >= 15 is 0 Å². The van der Waals surface area contributed by atoms with Crippen molar-refractivity contribution in [1.29, 1.82) is 0 Å². The fourth-order valence-electron chi connectivity index (χ4n) is 4.65. The number of amides is 2. The van der Waals surface area contributed by atoms with Crippen molar-refractivity contribution in [2.75, 3.05) is 32.8 Å². The van der Waals surface area contributed by atoms with E-state index in [4.69, 9.17) is 9.47 Å². The van der Waals surface area contributed by atoms with E-state index in [2.05, 4.69) is 12.1 Å². The summed E-state index contributed by atoms with van der Waals surface area (Å²) in [6.07, 6.45) is 3.01. The molecule has 0 saturated carbocycles. The molecule has 2 saturated heterocycles. The molecule has 3 heterocycles. The summed E-state index contributed by atoms with van der Waals surface area (Å²) in [6.45, 7) is 5.01. The number of ether oxygens (including phenoxy) is 2. The molecule has 4 rings (SSSR count). The summed E-state index contributed by atoms with van der Waals surface area (Å²) in [5.74, 6) is 0.394. The number of benzene rings is 1. The fourth-order valence-corrected chi connectivity index (χ4v) is 4.65. The maximum absolute atomic E-state index is 13.1. The Morgan fingerprint density at radius 3 is 2.70 bits per heavy atom. The minimum Gasteiger partial charge on any atom is -0.350 e. The van der Waals surface area contributed by atoms with Crippen LogP contribution in [0.3, 0.4) is 0 Å². The number of hydrogen-bond donors (Lipinski definition) is 0. The van der Waals surface area contributed by atoms with Crippen molar-refractivity contribution in [2.45, 2.75) is 44.9 Å². The molecule has 0 radical (unpaired) electrons. The smallest absolute Gasteiger partial charge is 0.225 e. The van der Waals surface area contributed by atoms with Crippen LogP contribution >= 0.6 is 0 Å². The second-order valence-electron chi connectivity index (χ2n) is 7.73. The molecule has 1 aromatic carbocycles. The second-order valence-corrected chi connectivity index (χ2v) is 7.73. The van der Waals surface area contributed by atoms with Gasteiger partial charge in [-0.2, -0.15) is 0 Å². The van der Waals surface area contributed by atoms with Crippen LogP contribution in [0.15, 0.2) is 24.3 Å². The molecule has 2 amide bonds. The van der Waals surface area contributed by atoms with Crippen LogP contribution in [-0.4, -0.2) is 60.8 Å². The van der Waals surface area contributed by atoms with Crippen molar-refractivity contribution in [3.8, 4) is 0 Å². The van der Waals surface area contributed by atoms with Gasteiger partial charge in [-0.05, 0) is 30.4 Å². The van der Waals surface area contributed by atoms with Gasteiger partial charge in [0.15, 0.2) is 6.29 Å². The zero-order valence-electron chi connectivity index (χ0n) is 15.9. The number of carbonyl (C=O) groups is 2. The van der Waals surface area contributed by atoms with Crippen LogP contribution in [0, 0.1) is 5.92 Å². The zero-order valence-corrected chi connectivity index (χ0v) is 15.9. The van der Waals surface area contributed by atoms with E-state index in [1.54, 1.807) is 6.92 Å². The highest BCUT2D eigenvalue weighted by atomic mass is 16.7. The first-order valence-corrected chi connectivity index (χ1v) is 9.99. The highest BCUT2D eigenvalue weighted by molar-refractivity contribution is 5.80. The first kappa shape index (κ1) is 18.4. The Balaban J connectivity index is 1.48. The lowest BCUT2D eigenvalue weighted by Gasteiger charge is -2.39. The Morgan fingerprint density at radius 1 is 1.15 bits per heavy atom. The maximum Gasteiger partial charge on any atom is 0.225 e. The molecule has 0 spiro atoms. The van der Waals surface area contributed by atoms with Gasteiger partial charge in [0, 0.05) is 32.5 Å². The van der Waals surface area contributed by atoms with Crippen LogP contribution in [0.2, 0.25) is 0 Å². The molecule has 3 aliphatic heterocycles. The van der Waals surface area contributed by atoms with Crippen molar-refractivity contribution >= 4 is 11.8 Å². The molecule has 2 fully saturated rings. The topological polar surface area (TPSA) is 59.1 Å². The van der Waals surface area contributed by atoms with Gasteiger partial charge in [-0.15, -0.1) is 0 Å². The number of hydrogen-bond acceptors (Lipinski definition) is 4. The molecule has 6 nitrogen and oxygen atoms in total. The standard InChI is InChI=1S/C21H28N2O4/c1-15(24)23-10-8-16-5-2-3-7-18(16)19(23)13-20(25)22-9-4-6-17(14-22)21-26-11-12-27-21/h2-3,5,7,17,19,21H,4,6,8-14H2,1H3. The number of nitrogens with zero attached hydrogens (tertiary/aromatic N) is 2. The Bertz CT molecular complexity index is 701.